The number of carboxylic acids is 4. The average molecular weight is 1140 g/mol. The number of aryl methyl sites for hydroxylation is 1. The van der Waals surface area contributed by atoms with Gasteiger partial charge in [0.25, 0.3) is 5.91 Å². The highest BCUT2D eigenvalue weighted by Gasteiger charge is 2.25. The maximum absolute atomic E-state index is 13.3. The normalized spacial score (nSPS) is 14.5. The average Bonchev–Trinajstić information content (AvgIpc) is 3.85. The van der Waals surface area contributed by atoms with Crippen LogP contribution in [0, 0.1) is 5.92 Å². The highest BCUT2D eigenvalue weighted by molar-refractivity contribution is 7.98. The van der Waals surface area contributed by atoms with E-state index in [0.29, 0.717) is 36.3 Å². The van der Waals surface area contributed by atoms with E-state index in [2.05, 4.69) is 50.7 Å². The maximum Gasteiger partial charge on any atom is 0.326 e. The van der Waals surface area contributed by atoms with Crippen LogP contribution in [-0.2, 0) is 62.7 Å². The van der Waals surface area contributed by atoms with Crippen LogP contribution in [-0.4, -0.2) is 230 Å². The molecule has 1 aliphatic rings. The lowest BCUT2D eigenvalue weighted by atomic mass is 10.1. The molecule has 3 rings (SSSR count). The number of aliphatic carboxylic acids is 4. The van der Waals surface area contributed by atoms with Crippen LogP contribution in [0.2, 0.25) is 0 Å². The largest absolute Gasteiger partial charge is 0.480 e. The quantitative estimate of drug-likeness (QED) is 0.0464. The second-order valence-corrected chi connectivity index (χ2v) is 19.8. The van der Waals surface area contributed by atoms with Gasteiger partial charge in [-0.15, -0.1) is 5.10 Å². The first-order valence-corrected chi connectivity index (χ1v) is 28.2. The number of amides is 5. The zero-order chi connectivity index (χ0) is 59.3. The molecule has 0 spiro atoms. The molecule has 2 atom stereocenters. The first kappa shape index (κ1) is 70.5. The van der Waals surface area contributed by atoms with Gasteiger partial charge in [0.15, 0.2) is 5.78 Å². The molecule has 1 aromatic carbocycles. The van der Waals surface area contributed by atoms with E-state index in [1.807, 2.05) is 20.1 Å². The standard InChI is InChI=1S/C47H72N12O14S.C3H8.C2H6/c1-32(2)38(60)27-59-26-35(53-54-59)11-12-39(61)48-14-5-4-6-37(47(72)73)51-40(62)25-50-46(71)36(13-23-74-3)52-45(70)34-9-7-33(8-10-34)24-49-41(63)28-55-15-17-56(29-42(64)65)19-21-58(31-44(68)69)22-20-57(18-16-55)30-43(66)67;1-3-2;1-2/h7-10,26,32,36-37H,4-6,11-25,27-31H2,1-3H3,(H,48,61)(H,49,63)(H,50,71)(H,51,62)(H,52,70)(H,64,65)(H,66,67)(H,68,69)(H,72,73);3H2,1-2H3;1-2H3. The van der Waals surface area contributed by atoms with Gasteiger partial charge < -0.3 is 47.0 Å². The van der Waals surface area contributed by atoms with Gasteiger partial charge in [-0.3, -0.25) is 62.8 Å². The van der Waals surface area contributed by atoms with Crippen molar-refractivity contribution in [3.63, 3.8) is 0 Å². The SMILES string of the molecule is CC.CCC.CSCCC(NC(=O)c1ccc(CNC(=O)CN2CCN(CC(=O)O)CCN(CC(=O)O)CCN(CC(=O)O)CC2)cc1)C(=O)NCC(=O)NC(CCCCNC(=O)CCc1cn(CC(=O)C(C)C)nn1)C(=O)O. The van der Waals surface area contributed by atoms with Gasteiger partial charge in [0.1, 0.15) is 18.6 Å². The van der Waals surface area contributed by atoms with Gasteiger partial charge in [0, 0.05) is 96.0 Å². The van der Waals surface area contributed by atoms with Gasteiger partial charge in [0.05, 0.1) is 38.4 Å². The van der Waals surface area contributed by atoms with E-state index in [1.54, 1.807) is 51.8 Å². The van der Waals surface area contributed by atoms with Crippen molar-refractivity contribution in [1.29, 1.82) is 0 Å². The van der Waals surface area contributed by atoms with Crippen molar-refractivity contribution < 1.29 is 68.4 Å². The maximum atomic E-state index is 13.3. The summed E-state index contributed by atoms with van der Waals surface area (Å²) < 4.78 is 1.44. The third-order valence-corrected chi connectivity index (χ3v) is 12.4. The van der Waals surface area contributed by atoms with Crippen LogP contribution < -0.4 is 26.6 Å². The Labute approximate surface area is 467 Å². The third kappa shape index (κ3) is 32.2. The first-order valence-electron chi connectivity index (χ1n) is 26.8. The van der Waals surface area contributed by atoms with Gasteiger partial charge >= 0.3 is 23.9 Å². The Bertz CT molecular complexity index is 2190. The van der Waals surface area contributed by atoms with Crippen molar-refractivity contribution >= 4 is 71.0 Å². The Balaban J connectivity index is 0.00000602. The van der Waals surface area contributed by atoms with E-state index in [4.69, 9.17) is 0 Å². The number of ketones is 1. The minimum absolute atomic E-state index is 0.0134. The zero-order valence-corrected chi connectivity index (χ0v) is 47.8. The number of nitrogens with zero attached hydrogens (tertiary/aromatic N) is 7. The van der Waals surface area contributed by atoms with Crippen LogP contribution >= 0.6 is 11.8 Å². The van der Waals surface area contributed by atoms with Crippen molar-refractivity contribution in [1.82, 2.24) is 61.2 Å². The number of carboxylic acid groups (broad SMARTS) is 4. The molecule has 9 N–H and O–H groups in total. The molecule has 1 aliphatic heterocycles. The summed E-state index contributed by atoms with van der Waals surface area (Å²) in [5, 5.41) is 59.2. The number of Topliss-reactive ketones (excluding diaryl/α,β-unsaturated/α-hetero) is 1. The number of carbonyl (C=O) groups is 10. The van der Waals surface area contributed by atoms with Crippen molar-refractivity contribution in [2.24, 2.45) is 5.92 Å². The van der Waals surface area contributed by atoms with Crippen LogP contribution in [0.1, 0.15) is 102 Å². The number of hydrogen-bond donors (Lipinski definition) is 9. The van der Waals surface area contributed by atoms with Crippen LogP contribution in [0.15, 0.2) is 30.5 Å². The van der Waals surface area contributed by atoms with E-state index in [1.165, 1.54) is 35.0 Å². The topological polar surface area (TPSA) is 355 Å². The molecule has 1 saturated heterocycles. The molecule has 2 aromatic rings. The summed E-state index contributed by atoms with van der Waals surface area (Å²) in [5.41, 5.74) is 1.43. The number of hydrogen-bond acceptors (Lipinski definition) is 17. The predicted molar refractivity (Wildman–Crippen MR) is 296 cm³/mol. The van der Waals surface area contributed by atoms with Gasteiger partial charge in [-0.25, -0.2) is 9.48 Å². The lowest BCUT2D eigenvalue weighted by Gasteiger charge is -2.32. The molecule has 2 unspecified atom stereocenters. The lowest BCUT2D eigenvalue weighted by Crippen LogP contribution is -2.51. The molecule has 27 heteroatoms. The monoisotopic (exact) mass is 1130 g/mol. The summed E-state index contributed by atoms with van der Waals surface area (Å²) in [6, 6.07) is 4.00. The molecule has 26 nitrogen and oxygen atoms in total. The number of unbranched alkanes of at least 4 members (excludes halogenated alkanes) is 1. The number of nitrogens with one attached hydrogen (secondary N) is 5. The van der Waals surface area contributed by atoms with Gasteiger partial charge in [-0.2, -0.15) is 11.8 Å². The fourth-order valence-electron chi connectivity index (χ4n) is 7.46. The molecule has 1 fully saturated rings. The second-order valence-electron chi connectivity index (χ2n) is 18.8. The fourth-order valence-corrected chi connectivity index (χ4v) is 7.93. The summed E-state index contributed by atoms with van der Waals surface area (Å²) >= 11 is 1.44. The smallest absolute Gasteiger partial charge is 0.326 e. The Morgan fingerprint density at radius 1 is 0.633 bits per heavy atom. The minimum Gasteiger partial charge on any atom is -0.480 e. The van der Waals surface area contributed by atoms with E-state index in [9.17, 15) is 68.4 Å². The molecule has 5 amide bonds. The van der Waals surface area contributed by atoms with Crippen molar-refractivity contribution in [3.05, 3.63) is 47.3 Å². The van der Waals surface area contributed by atoms with Crippen molar-refractivity contribution in [3.8, 4) is 0 Å². The summed E-state index contributed by atoms with van der Waals surface area (Å²) in [6.07, 6.45) is 6.24. The molecule has 0 radical (unpaired) electrons. The third-order valence-electron chi connectivity index (χ3n) is 11.8. The van der Waals surface area contributed by atoms with Gasteiger partial charge in [-0.05, 0) is 55.4 Å². The summed E-state index contributed by atoms with van der Waals surface area (Å²) in [5.74, 6) is -6.67. The molecule has 2 heterocycles. The van der Waals surface area contributed by atoms with Crippen molar-refractivity contribution in [2.45, 2.75) is 112 Å². The van der Waals surface area contributed by atoms with Crippen molar-refractivity contribution in [2.75, 3.05) is 104 Å². The van der Waals surface area contributed by atoms with Crippen LogP contribution in [0.4, 0.5) is 0 Å². The minimum atomic E-state index is -1.27. The Hall–Kier alpha value is -6.55. The number of benzene rings is 1. The molecule has 79 heavy (non-hydrogen) atoms. The number of rotatable bonds is 31. The zero-order valence-electron chi connectivity index (χ0n) is 47.0. The van der Waals surface area contributed by atoms with Gasteiger partial charge in [0.2, 0.25) is 23.6 Å². The summed E-state index contributed by atoms with van der Waals surface area (Å²) in [7, 11) is 0. The molecular formula is C52H86N12O14S. The van der Waals surface area contributed by atoms with Gasteiger partial charge in [-0.1, -0.05) is 65.3 Å². The van der Waals surface area contributed by atoms with E-state index < -0.39 is 60.2 Å². The highest BCUT2D eigenvalue weighted by atomic mass is 32.2. The van der Waals surface area contributed by atoms with E-state index in [0.717, 1.165) is 0 Å². The molecule has 444 valence electrons. The number of aromatic nitrogens is 3. The Morgan fingerprint density at radius 3 is 1.63 bits per heavy atom. The summed E-state index contributed by atoms with van der Waals surface area (Å²) in [4.78, 5) is 130. The van der Waals surface area contributed by atoms with Crippen LogP contribution in [0.25, 0.3) is 0 Å². The predicted octanol–water partition coefficient (Wildman–Crippen LogP) is 0.494. The molecule has 0 aliphatic carbocycles. The fraction of sp³-hybridized carbons (Fsp3) is 0.654. The summed E-state index contributed by atoms with van der Waals surface area (Å²) in [6.45, 7) is 12.8. The number of carbonyl (C=O) groups excluding carboxylic acids is 6. The Morgan fingerprint density at radius 2 is 1.15 bits per heavy atom. The molecular weight excluding hydrogens is 1050 g/mol. The van der Waals surface area contributed by atoms with Crippen LogP contribution in [0.3, 0.4) is 0 Å². The number of thioether (sulfide) groups is 1. The highest BCUT2D eigenvalue weighted by Crippen LogP contribution is 2.09. The molecule has 0 saturated carbocycles. The second kappa shape index (κ2) is 40.6. The first-order chi connectivity index (χ1) is 37.6. The van der Waals surface area contributed by atoms with Crippen LogP contribution in [0.5, 0.6) is 0 Å². The molecule has 1 aromatic heterocycles. The lowest BCUT2D eigenvalue weighted by molar-refractivity contribution is -0.142. The Kier molecular flexibility index (Phi) is 36.2. The van der Waals surface area contributed by atoms with E-state index >= 15 is 0 Å². The van der Waals surface area contributed by atoms with E-state index in [-0.39, 0.29) is 147 Å². The molecule has 0 bridgehead atoms.